The van der Waals surface area contributed by atoms with E-state index in [9.17, 15) is 9.18 Å². The van der Waals surface area contributed by atoms with Gasteiger partial charge in [0.15, 0.2) is 11.9 Å². The Labute approximate surface area is 250 Å². The van der Waals surface area contributed by atoms with Gasteiger partial charge in [-0.25, -0.2) is 19.3 Å². The molecule has 0 saturated heterocycles. The molecule has 0 bridgehead atoms. The first-order chi connectivity index (χ1) is 21.1. The average Bonchev–Trinajstić information content (AvgIpc) is 3.64. The summed E-state index contributed by atoms with van der Waals surface area (Å²) in [5, 5.41) is 12.5. The number of hydrogen-bond donors (Lipinski definition) is 1. The van der Waals surface area contributed by atoms with Crippen molar-refractivity contribution in [2.24, 2.45) is 4.99 Å². The highest BCUT2D eigenvalue weighted by molar-refractivity contribution is 7.15. The minimum absolute atomic E-state index is 0.0282. The Morgan fingerprint density at radius 2 is 1.72 bits per heavy atom. The monoisotopic (exact) mass is 591 g/mol. The number of halogens is 1. The van der Waals surface area contributed by atoms with Crippen LogP contribution in [0.3, 0.4) is 0 Å². The lowest BCUT2D eigenvalue weighted by molar-refractivity contribution is -0.119. The standard InChI is InChI=1S/C32H26FN7O2S/c33-23-11-5-10-21-22(23)14-24(41)29(36-25(21)17-6-2-1-3-7-17)38-32-40-39-30(42-32)26-27(43-31(37-26)19-8-4-9-19)20-15-34-28(35-16-20)18-12-13-18/h1-3,5-7,10-11,15-16,18-19,29H,4,8-9,12-14H2,(H,38,40)/t29-/m0/s1. The van der Waals surface area contributed by atoms with Crippen LogP contribution in [0.4, 0.5) is 10.4 Å². The lowest BCUT2D eigenvalue weighted by Crippen LogP contribution is -2.29. The van der Waals surface area contributed by atoms with E-state index in [2.05, 4.69) is 25.5 Å². The molecule has 1 aliphatic heterocycles. The maximum absolute atomic E-state index is 14.9. The summed E-state index contributed by atoms with van der Waals surface area (Å²) in [5.74, 6) is 1.23. The maximum atomic E-state index is 14.9. The summed E-state index contributed by atoms with van der Waals surface area (Å²) in [6.07, 6.45) is 8.18. The quantitative estimate of drug-likeness (QED) is 0.233. The number of fused-ring (bicyclic) bond motifs is 1. The largest absolute Gasteiger partial charge is 0.402 e. The van der Waals surface area contributed by atoms with Gasteiger partial charge >= 0.3 is 6.01 Å². The second kappa shape index (κ2) is 10.6. The van der Waals surface area contributed by atoms with Crippen LogP contribution in [0.15, 0.2) is 70.3 Å². The van der Waals surface area contributed by atoms with Crippen molar-refractivity contribution in [1.29, 1.82) is 0 Å². The van der Waals surface area contributed by atoms with Crippen LogP contribution in [0.1, 0.15) is 71.5 Å². The minimum atomic E-state index is -1.06. The van der Waals surface area contributed by atoms with Crippen LogP contribution in [0.5, 0.6) is 0 Å². The average molecular weight is 592 g/mol. The minimum Gasteiger partial charge on any atom is -0.402 e. The summed E-state index contributed by atoms with van der Waals surface area (Å²) >= 11 is 1.61. The van der Waals surface area contributed by atoms with Gasteiger partial charge in [0.2, 0.25) is 0 Å². The van der Waals surface area contributed by atoms with E-state index in [4.69, 9.17) is 14.4 Å². The van der Waals surface area contributed by atoms with Gasteiger partial charge in [0.1, 0.15) is 17.3 Å². The van der Waals surface area contributed by atoms with Crippen LogP contribution in [0.25, 0.3) is 22.0 Å². The summed E-state index contributed by atoms with van der Waals surface area (Å²) in [6.45, 7) is 0. The predicted molar refractivity (Wildman–Crippen MR) is 160 cm³/mol. The van der Waals surface area contributed by atoms with Crippen molar-refractivity contribution in [3.8, 4) is 22.0 Å². The number of aliphatic imine (C=N–C) groups is 1. The number of benzene rings is 2. The SMILES string of the molecule is O=C1Cc2c(F)cccc2C(c2ccccc2)=N[C@H]1Nc1nnc(-c2nc(C3CCC3)sc2-c2cnc(C3CC3)nc2)o1. The summed E-state index contributed by atoms with van der Waals surface area (Å²) in [5.41, 5.74) is 3.61. The molecule has 0 amide bonds. The molecule has 1 atom stereocenters. The lowest BCUT2D eigenvalue weighted by atomic mass is 9.86. The molecule has 8 rings (SSSR count). The number of nitrogens with zero attached hydrogens (tertiary/aromatic N) is 6. The van der Waals surface area contributed by atoms with Gasteiger partial charge in [-0.2, -0.15) is 0 Å². The molecule has 3 aliphatic rings. The fourth-order valence-electron chi connectivity index (χ4n) is 5.45. The van der Waals surface area contributed by atoms with Crippen molar-refractivity contribution < 1.29 is 13.6 Å². The van der Waals surface area contributed by atoms with Crippen molar-refractivity contribution in [2.45, 2.75) is 56.5 Å². The highest BCUT2D eigenvalue weighted by Gasteiger charge is 2.31. The van der Waals surface area contributed by atoms with E-state index in [0.29, 0.717) is 34.4 Å². The summed E-state index contributed by atoms with van der Waals surface area (Å²) in [7, 11) is 0. The fraction of sp³-hybridized carbons (Fsp3) is 0.281. The molecule has 4 heterocycles. The Morgan fingerprint density at radius 1 is 0.907 bits per heavy atom. The lowest BCUT2D eigenvalue weighted by Gasteiger charge is -2.22. The van der Waals surface area contributed by atoms with E-state index in [1.807, 2.05) is 42.7 Å². The summed E-state index contributed by atoms with van der Waals surface area (Å²) in [6, 6.07) is 14.2. The fourth-order valence-corrected chi connectivity index (χ4v) is 6.65. The predicted octanol–water partition coefficient (Wildman–Crippen LogP) is 6.33. The van der Waals surface area contributed by atoms with E-state index in [-0.39, 0.29) is 24.1 Å². The number of rotatable bonds is 7. The van der Waals surface area contributed by atoms with Crippen molar-refractivity contribution >= 4 is 28.8 Å². The van der Waals surface area contributed by atoms with Crippen LogP contribution in [-0.2, 0) is 11.2 Å². The van der Waals surface area contributed by atoms with Gasteiger partial charge < -0.3 is 9.73 Å². The number of thiazole rings is 1. The topological polar surface area (TPSA) is 119 Å². The Kier molecular flexibility index (Phi) is 6.40. The zero-order valence-electron chi connectivity index (χ0n) is 23.0. The Bertz CT molecular complexity index is 1860. The molecule has 2 saturated carbocycles. The molecule has 11 heteroatoms. The molecule has 214 valence electrons. The van der Waals surface area contributed by atoms with E-state index in [0.717, 1.165) is 52.5 Å². The van der Waals surface area contributed by atoms with Crippen LogP contribution in [0.2, 0.25) is 0 Å². The molecule has 2 aliphatic carbocycles. The van der Waals surface area contributed by atoms with Crippen molar-refractivity contribution in [2.75, 3.05) is 5.32 Å². The first kappa shape index (κ1) is 26.0. The first-order valence-corrected chi connectivity index (χ1v) is 15.3. The van der Waals surface area contributed by atoms with E-state index < -0.39 is 12.0 Å². The van der Waals surface area contributed by atoms with Gasteiger partial charge in [-0.1, -0.05) is 54.0 Å². The van der Waals surface area contributed by atoms with Crippen LogP contribution in [-0.4, -0.2) is 42.8 Å². The third-order valence-electron chi connectivity index (χ3n) is 8.20. The highest BCUT2D eigenvalue weighted by Crippen LogP contribution is 2.45. The Morgan fingerprint density at radius 3 is 2.47 bits per heavy atom. The Balaban J connectivity index is 1.13. The molecule has 0 radical (unpaired) electrons. The third-order valence-corrected chi connectivity index (χ3v) is 9.46. The number of Topliss-reactive ketones (excluding diaryl/α,β-unsaturated/α-hetero) is 1. The molecule has 2 fully saturated rings. The summed E-state index contributed by atoms with van der Waals surface area (Å²) in [4.78, 5) is 33.1. The second-order valence-corrected chi connectivity index (χ2v) is 12.2. The van der Waals surface area contributed by atoms with Gasteiger partial charge in [-0.3, -0.25) is 9.79 Å². The second-order valence-electron chi connectivity index (χ2n) is 11.2. The van der Waals surface area contributed by atoms with Gasteiger partial charge in [0.25, 0.3) is 5.89 Å². The molecule has 43 heavy (non-hydrogen) atoms. The molecule has 3 aromatic heterocycles. The van der Waals surface area contributed by atoms with Gasteiger partial charge in [0.05, 0.1) is 15.6 Å². The number of anilines is 1. The third kappa shape index (κ3) is 4.93. The smallest absolute Gasteiger partial charge is 0.317 e. The molecular weight excluding hydrogens is 565 g/mol. The molecule has 0 spiro atoms. The van der Waals surface area contributed by atoms with Crippen LogP contribution < -0.4 is 5.32 Å². The normalized spacial score (nSPS) is 18.5. The number of nitrogens with one attached hydrogen (secondary N) is 1. The first-order valence-electron chi connectivity index (χ1n) is 14.5. The van der Waals surface area contributed by atoms with Gasteiger partial charge in [-0.15, -0.1) is 16.4 Å². The number of carbonyl (C=O) groups excluding carboxylic acids is 1. The zero-order chi connectivity index (χ0) is 28.9. The molecule has 2 aromatic carbocycles. The molecular formula is C32H26FN7O2S. The van der Waals surface area contributed by atoms with Gasteiger partial charge in [-0.05, 0) is 31.7 Å². The number of aromatic nitrogens is 5. The van der Waals surface area contributed by atoms with Crippen molar-refractivity contribution in [3.63, 3.8) is 0 Å². The number of hydrogen-bond acceptors (Lipinski definition) is 10. The van der Waals surface area contributed by atoms with Crippen LogP contribution >= 0.6 is 11.3 Å². The molecule has 5 aromatic rings. The summed E-state index contributed by atoms with van der Waals surface area (Å²) < 4.78 is 21.0. The van der Waals surface area contributed by atoms with E-state index in [1.165, 1.54) is 12.5 Å². The Hall–Kier alpha value is -4.64. The van der Waals surface area contributed by atoms with Crippen molar-refractivity contribution in [3.05, 3.63) is 94.3 Å². The zero-order valence-corrected chi connectivity index (χ0v) is 23.9. The van der Waals surface area contributed by atoms with Crippen molar-refractivity contribution in [1.82, 2.24) is 25.1 Å². The number of ketones is 1. The molecule has 0 unspecified atom stereocenters. The molecule has 1 N–H and O–H groups in total. The van der Waals surface area contributed by atoms with E-state index in [1.54, 1.807) is 23.5 Å². The number of carbonyl (C=O) groups is 1. The highest BCUT2D eigenvalue weighted by atomic mass is 32.1. The van der Waals surface area contributed by atoms with E-state index >= 15 is 0 Å². The molecule has 9 nitrogen and oxygen atoms in total. The van der Waals surface area contributed by atoms with Crippen LogP contribution in [0, 0.1) is 5.82 Å². The maximum Gasteiger partial charge on any atom is 0.317 e. The van der Waals surface area contributed by atoms with Gasteiger partial charge in [0, 0.05) is 52.9 Å².